The van der Waals surface area contributed by atoms with Crippen LogP contribution in [0, 0.1) is 26.6 Å². The summed E-state index contributed by atoms with van der Waals surface area (Å²) in [5, 5.41) is 0. The van der Waals surface area contributed by atoms with Gasteiger partial charge in [0.15, 0.2) is 5.78 Å². The zero-order valence-electron chi connectivity index (χ0n) is 20.8. The van der Waals surface area contributed by atoms with Gasteiger partial charge in [-0.15, -0.1) is 0 Å². The van der Waals surface area contributed by atoms with Crippen molar-refractivity contribution >= 4 is 17.2 Å². The molecular formula is C29H34FN3O2. The monoisotopic (exact) mass is 475 g/mol. The number of hydrogen-bond donors (Lipinski definition) is 1. The fourth-order valence-electron chi connectivity index (χ4n) is 4.50. The number of ketones is 1. The Labute approximate surface area is 207 Å². The van der Waals surface area contributed by atoms with Crippen molar-refractivity contribution in [1.82, 2.24) is 4.90 Å². The van der Waals surface area contributed by atoms with Crippen LogP contribution in [0.4, 0.5) is 15.8 Å². The Bertz CT molecular complexity index is 1170. The molecule has 0 unspecified atom stereocenters. The van der Waals surface area contributed by atoms with Crippen molar-refractivity contribution in [3.8, 4) is 5.75 Å². The molecule has 4 rings (SSSR count). The summed E-state index contributed by atoms with van der Waals surface area (Å²) in [6.07, 6.45) is 0.785. The molecule has 1 heterocycles. The maximum atomic E-state index is 13.1. The highest BCUT2D eigenvalue weighted by molar-refractivity contribution is 5.82. The number of piperazine rings is 1. The fraction of sp³-hybridized carbons (Fsp3) is 0.345. The molecule has 0 radical (unpaired) electrons. The summed E-state index contributed by atoms with van der Waals surface area (Å²) in [5.74, 6) is 0.602. The maximum Gasteiger partial charge on any atom is 0.184 e. The number of benzene rings is 3. The number of aryl methyl sites for hydroxylation is 1. The fourth-order valence-corrected chi connectivity index (χ4v) is 4.50. The van der Waals surface area contributed by atoms with Crippen LogP contribution in [0.15, 0.2) is 54.6 Å². The molecule has 0 bridgehead atoms. The summed E-state index contributed by atoms with van der Waals surface area (Å²) in [7, 11) is 0. The first-order valence-electron chi connectivity index (χ1n) is 12.1. The molecule has 184 valence electrons. The number of Topliss-reactive ketones (excluding diaryl/α,β-unsaturated/α-hetero) is 1. The molecule has 35 heavy (non-hydrogen) atoms. The van der Waals surface area contributed by atoms with Crippen LogP contribution in [0.2, 0.25) is 0 Å². The van der Waals surface area contributed by atoms with E-state index >= 15 is 0 Å². The summed E-state index contributed by atoms with van der Waals surface area (Å²) in [6.45, 7) is 9.79. The number of carbonyl (C=O) groups excluding carboxylic acids is 1. The third kappa shape index (κ3) is 6.20. The minimum atomic E-state index is -0.209. The van der Waals surface area contributed by atoms with Gasteiger partial charge in [-0.2, -0.15) is 0 Å². The molecule has 3 aromatic rings. The summed E-state index contributed by atoms with van der Waals surface area (Å²) in [6, 6.07) is 17.1. The molecule has 0 amide bonds. The first-order valence-corrected chi connectivity index (χ1v) is 12.1. The number of nitrogens with zero attached hydrogens (tertiary/aromatic N) is 2. The number of ether oxygens (including phenoxy) is 1. The second-order valence-corrected chi connectivity index (χ2v) is 9.42. The van der Waals surface area contributed by atoms with Crippen molar-refractivity contribution in [2.24, 2.45) is 0 Å². The van der Waals surface area contributed by atoms with Crippen molar-refractivity contribution in [1.29, 1.82) is 0 Å². The first-order chi connectivity index (χ1) is 16.8. The number of anilines is 2. The molecule has 1 aliphatic heterocycles. The van der Waals surface area contributed by atoms with E-state index in [0.29, 0.717) is 6.54 Å². The maximum absolute atomic E-state index is 13.1. The normalized spacial score (nSPS) is 14.2. The smallest absolute Gasteiger partial charge is 0.184 e. The van der Waals surface area contributed by atoms with E-state index in [1.54, 1.807) is 0 Å². The van der Waals surface area contributed by atoms with E-state index in [2.05, 4.69) is 34.1 Å². The van der Waals surface area contributed by atoms with Crippen molar-refractivity contribution in [3.63, 3.8) is 0 Å². The third-order valence-electron chi connectivity index (χ3n) is 6.89. The number of nitrogens with two attached hydrogens (primary N) is 1. The molecule has 1 saturated heterocycles. The van der Waals surface area contributed by atoms with Crippen LogP contribution < -0.4 is 15.4 Å². The third-order valence-corrected chi connectivity index (χ3v) is 6.89. The summed E-state index contributed by atoms with van der Waals surface area (Å²) >= 11 is 0. The lowest BCUT2D eigenvalue weighted by Gasteiger charge is -2.35. The van der Waals surface area contributed by atoms with Gasteiger partial charge < -0.3 is 15.4 Å². The van der Waals surface area contributed by atoms with E-state index in [0.717, 1.165) is 66.3 Å². The van der Waals surface area contributed by atoms with Crippen LogP contribution in [-0.4, -0.2) is 50.0 Å². The molecule has 0 spiro atoms. The second kappa shape index (κ2) is 10.9. The highest BCUT2D eigenvalue weighted by Crippen LogP contribution is 2.29. The largest absolute Gasteiger partial charge is 0.485 e. The van der Waals surface area contributed by atoms with Gasteiger partial charge in [0.25, 0.3) is 0 Å². The Hall–Kier alpha value is -3.38. The SMILES string of the molecule is Cc1cc(OCC(=O)CN2CCN(c3ccc(Cc4ccc(F)cc4)cc3)CC2)c(C)c(C)c1N. The lowest BCUT2D eigenvalue weighted by atomic mass is 10.0. The van der Waals surface area contributed by atoms with E-state index in [1.807, 2.05) is 39.0 Å². The van der Waals surface area contributed by atoms with Gasteiger partial charge in [-0.1, -0.05) is 24.3 Å². The quantitative estimate of drug-likeness (QED) is 0.479. The Morgan fingerprint density at radius 3 is 2.14 bits per heavy atom. The number of carbonyl (C=O) groups is 1. The first kappa shape index (κ1) is 24.7. The van der Waals surface area contributed by atoms with Crippen molar-refractivity contribution in [2.45, 2.75) is 27.2 Å². The average molecular weight is 476 g/mol. The number of nitrogen functional groups attached to an aromatic ring is 1. The van der Waals surface area contributed by atoms with Gasteiger partial charge in [-0.25, -0.2) is 4.39 Å². The van der Waals surface area contributed by atoms with Crippen LogP contribution in [-0.2, 0) is 11.2 Å². The molecule has 5 nitrogen and oxygen atoms in total. The summed E-state index contributed by atoms with van der Waals surface area (Å²) < 4.78 is 19.0. The Kier molecular flexibility index (Phi) is 7.71. The van der Waals surface area contributed by atoms with E-state index in [-0.39, 0.29) is 18.2 Å². The standard InChI is InChI=1S/C29H34FN3O2/c1-20-16-28(21(2)22(3)29(20)31)35-19-27(34)18-32-12-14-33(15-13-32)26-10-6-24(7-11-26)17-23-4-8-25(30)9-5-23/h4-11,16H,12-15,17-19,31H2,1-3H3. The predicted molar refractivity (Wildman–Crippen MR) is 140 cm³/mol. The predicted octanol–water partition coefficient (Wildman–Crippen LogP) is 4.69. The van der Waals surface area contributed by atoms with Gasteiger partial charge in [0.2, 0.25) is 0 Å². The van der Waals surface area contributed by atoms with E-state index in [1.165, 1.54) is 23.4 Å². The molecule has 3 aromatic carbocycles. The minimum Gasteiger partial charge on any atom is -0.485 e. The van der Waals surface area contributed by atoms with Gasteiger partial charge >= 0.3 is 0 Å². The van der Waals surface area contributed by atoms with Crippen LogP contribution in [0.3, 0.4) is 0 Å². The summed E-state index contributed by atoms with van der Waals surface area (Å²) in [5.41, 5.74) is 13.3. The lowest BCUT2D eigenvalue weighted by molar-refractivity contribution is -0.122. The van der Waals surface area contributed by atoms with E-state index < -0.39 is 0 Å². The van der Waals surface area contributed by atoms with Crippen molar-refractivity contribution < 1.29 is 13.9 Å². The minimum absolute atomic E-state index is 0.0688. The molecule has 0 aliphatic carbocycles. The van der Waals surface area contributed by atoms with Crippen LogP contribution in [0.25, 0.3) is 0 Å². The molecule has 1 aliphatic rings. The van der Waals surface area contributed by atoms with Gasteiger partial charge in [0.05, 0.1) is 6.54 Å². The van der Waals surface area contributed by atoms with Gasteiger partial charge in [0, 0.05) is 37.6 Å². The van der Waals surface area contributed by atoms with Gasteiger partial charge in [-0.3, -0.25) is 9.69 Å². The average Bonchev–Trinajstić information content (AvgIpc) is 2.86. The zero-order valence-corrected chi connectivity index (χ0v) is 20.8. The molecule has 2 N–H and O–H groups in total. The van der Waals surface area contributed by atoms with Gasteiger partial charge in [0.1, 0.15) is 18.2 Å². The van der Waals surface area contributed by atoms with Crippen molar-refractivity contribution in [3.05, 3.63) is 88.2 Å². The molecule has 0 saturated carbocycles. The van der Waals surface area contributed by atoms with Gasteiger partial charge in [-0.05, 0) is 85.3 Å². The summed E-state index contributed by atoms with van der Waals surface area (Å²) in [4.78, 5) is 17.1. The lowest BCUT2D eigenvalue weighted by Crippen LogP contribution is -2.48. The Morgan fingerprint density at radius 2 is 1.51 bits per heavy atom. The Morgan fingerprint density at radius 1 is 0.914 bits per heavy atom. The highest BCUT2D eigenvalue weighted by atomic mass is 19.1. The zero-order chi connectivity index (χ0) is 24.9. The van der Waals surface area contributed by atoms with E-state index in [9.17, 15) is 9.18 Å². The van der Waals surface area contributed by atoms with Crippen molar-refractivity contribution in [2.75, 3.05) is 50.0 Å². The number of hydrogen-bond acceptors (Lipinski definition) is 5. The highest BCUT2D eigenvalue weighted by Gasteiger charge is 2.20. The van der Waals surface area contributed by atoms with E-state index in [4.69, 9.17) is 10.5 Å². The topological polar surface area (TPSA) is 58.8 Å². The Balaban J connectivity index is 1.23. The molecule has 1 fully saturated rings. The second-order valence-electron chi connectivity index (χ2n) is 9.42. The van der Waals surface area contributed by atoms with Crippen LogP contribution >= 0.6 is 0 Å². The number of rotatable bonds is 8. The number of halogens is 1. The molecular weight excluding hydrogens is 441 g/mol. The van der Waals surface area contributed by atoms with Crippen LogP contribution in [0.1, 0.15) is 27.8 Å². The molecule has 6 heteroatoms. The molecule has 0 aromatic heterocycles. The molecule has 0 atom stereocenters. The van der Waals surface area contributed by atoms with Crippen LogP contribution in [0.5, 0.6) is 5.75 Å².